The summed E-state index contributed by atoms with van der Waals surface area (Å²) in [5.41, 5.74) is 6.05. The standard InChI is InChI=1S/C49H75NO13/c1-12-26(2)43-29(5)18-19-48(63-43)24-35-21-34(62-48)17-16-28(4)42(27(3)14-13-15-33-25-56-45-41(51)30(6)20-36(46(52)59-35)49(33,45)53)60-39-22-37(54-10)44(31(7)57-39)61-40-23-38(55-11)47(9,50)32(8)58-40/h13-16,18-20,26-27,29,31-32,34-45,51,53H,12,17,21-25,50H2,1-11H3/b14-13+,28-16+,33-15+/t26?,27-,29-,31-,32-,34+,35-,36-,37-,38-,39?,40-,41+,42-,43+,44-,45?,47+,48+,49+/m0/s1. The number of hydrogen-bond acceptors (Lipinski definition) is 14. The first-order valence-electron chi connectivity index (χ1n) is 23.3. The summed E-state index contributed by atoms with van der Waals surface area (Å²) in [6.07, 6.45) is 10.0. The topological polar surface area (TPSA) is 176 Å². The second-order valence-corrected chi connectivity index (χ2v) is 19.7. The number of aliphatic hydroxyl groups is 2. The van der Waals surface area contributed by atoms with Crippen LogP contribution in [0.15, 0.2) is 59.3 Å². The summed E-state index contributed by atoms with van der Waals surface area (Å²) in [6, 6.07) is 0. The van der Waals surface area contributed by atoms with Crippen molar-refractivity contribution in [3.63, 3.8) is 0 Å². The molecule has 0 aromatic carbocycles. The van der Waals surface area contributed by atoms with Crippen molar-refractivity contribution >= 4 is 5.97 Å². The van der Waals surface area contributed by atoms with Gasteiger partial charge in [0.25, 0.3) is 0 Å². The van der Waals surface area contributed by atoms with Crippen molar-refractivity contribution in [1.82, 2.24) is 0 Å². The molecule has 1 aliphatic carbocycles. The Bertz CT molecular complexity index is 1780. The van der Waals surface area contributed by atoms with Crippen LogP contribution in [-0.4, -0.2) is 134 Å². The maximum atomic E-state index is 14.4. The molecule has 4 saturated heterocycles. The number of hydrogen-bond donors (Lipinski definition) is 3. The molecule has 0 aromatic heterocycles. The molecule has 6 heterocycles. The molecule has 63 heavy (non-hydrogen) atoms. The van der Waals surface area contributed by atoms with Gasteiger partial charge in [0, 0.05) is 51.7 Å². The fourth-order valence-electron chi connectivity index (χ4n) is 10.8. The van der Waals surface area contributed by atoms with Crippen LogP contribution < -0.4 is 5.73 Å². The van der Waals surface area contributed by atoms with Crippen molar-refractivity contribution in [1.29, 1.82) is 0 Å². The molecule has 1 spiro atoms. The predicted molar refractivity (Wildman–Crippen MR) is 234 cm³/mol. The number of esters is 1. The molecule has 7 aliphatic rings. The molecular weight excluding hydrogens is 811 g/mol. The lowest BCUT2D eigenvalue weighted by Crippen LogP contribution is -2.63. The van der Waals surface area contributed by atoms with Crippen LogP contribution in [0.2, 0.25) is 0 Å². The van der Waals surface area contributed by atoms with Gasteiger partial charge in [0.05, 0.1) is 54.9 Å². The van der Waals surface area contributed by atoms with E-state index < -0.39 is 78.0 Å². The fraction of sp³-hybridized carbons (Fsp3) is 0.776. The van der Waals surface area contributed by atoms with Crippen molar-refractivity contribution in [3.8, 4) is 0 Å². The van der Waals surface area contributed by atoms with Crippen molar-refractivity contribution in [3.05, 3.63) is 59.3 Å². The number of ether oxygens (including phenoxy) is 10. The minimum absolute atomic E-state index is 0.0366. The van der Waals surface area contributed by atoms with Crippen molar-refractivity contribution in [2.45, 2.75) is 197 Å². The van der Waals surface area contributed by atoms with Gasteiger partial charge in [-0.1, -0.05) is 70.6 Å². The quantitative estimate of drug-likeness (QED) is 0.199. The highest BCUT2D eigenvalue weighted by Gasteiger charge is 2.60. The number of carbonyl (C=O) groups excluding carboxylic acids is 1. The minimum atomic E-state index is -1.83. The molecule has 4 fully saturated rings. The van der Waals surface area contributed by atoms with Gasteiger partial charge >= 0.3 is 5.97 Å². The summed E-state index contributed by atoms with van der Waals surface area (Å²) in [4.78, 5) is 14.4. The Morgan fingerprint density at radius 2 is 1.70 bits per heavy atom. The minimum Gasteiger partial charge on any atom is -0.462 e. The number of carbonyl (C=O) groups is 1. The molecule has 0 aromatic rings. The average Bonchev–Trinajstić information content (AvgIpc) is 3.58. The van der Waals surface area contributed by atoms with Crippen molar-refractivity contribution in [2.24, 2.45) is 29.4 Å². The average molecular weight is 886 g/mol. The Morgan fingerprint density at radius 1 is 0.952 bits per heavy atom. The lowest BCUT2D eigenvalue weighted by Gasteiger charge is -2.48. The van der Waals surface area contributed by atoms with E-state index in [0.717, 1.165) is 12.0 Å². The van der Waals surface area contributed by atoms with Crippen LogP contribution in [-0.2, 0) is 52.2 Å². The third kappa shape index (κ3) is 9.76. The molecule has 354 valence electrons. The van der Waals surface area contributed by atoms with Gasteiger partial charge in [-0.2, -0.15) is 0 Å². The van der Waals surface area contributed by atoms with Crippen LogP contribution in [0, 0.1) is 23.7 Å². The molecule has 0 radical (unpaired) electrons. The number of methoxy groups -OCH3 is 2. The van der Waals surface area contributed by atoms with Gasteiger partial charge in [0.1, 0.15) is 35.9 Å². The van der Waals surface area contributed by atoms with Crippen LogP contribution in [0.25, 0.3) is 0 Å². The van der Waals surface area contributed by atoms with E-state index in [-0.39, 0.29) is 54.9 Å². The molecule has 4 N–H and O–H groups in total. The molecule has 0 saturated carbocycles. The highest BCUT2D eigenvalue weighted by molar-refractivity contribution is 5.78. The number of allylic oxidation sites excluding steroid dienone is 2. The molecule has 14 nitrogen and oxygen atoms in total. The molecule has 7 rings (SSSR count). The zero-order valence-electron chi connectivity index (χ0n) is 39.3. The number of aliphatic hydroxyl groups excluding tert-OH is 1. The first kappa shape index (κ1) is 48.6. The molecule has 20 atom stereocenters. The summed E-state index contributed by atoms with van der Waals surface area (Å²) in [5, 5.41) is 23.7. The van der Waals surface area contributed by atoms with Crippen LogP contribution in [0.1, 0.15) is 101 Å². The van der Waals surface area contributed by atoms with Gasteiger partial charge in [-0.3, -0.25) is 4.79 Å². The summed E-state index contributed by atoms with van der Waals surface area (Å²) in [5.74, 6) is -2.54. The zero-order valence-corrected chi connectivity index (χ0v) is 39.3. The van der Waals surface area contributed by atoms with E-state index >= 15 is 0 Å². The Kier molecular flexibility index (Phi) is 15.0. The summed E-state index contributed by atoms with van der Waals surface area (Å²) in [7, 11) is 3.33. The van der Waals surface area contributed by atoms with Gasteiger partial charge in [0.2, 0.25) is 0 Å². The van der Waals surface area contributed by atoms with E-state index in [0.29, 0.717) is 43.3 Å². The van der Waals surface area contributed by atoms with E-state index in [1.54, 1.807) is 33.3 Å². The molecular formula is C49H75NO13. The third-order valence-corrected chi connectivity index (χ3v) is 15.2. The number of rotatable bonds is 8. The smallest absolute Gasteiger partial charge is 0.316 e. The van der Waals surface area contributed by atoms with Crippen molar-refractivity contribution < 1.29 is 62.4 Å². The SMILES string of the molecule is CCC(C)[C@H]1O[C@]2(C=C[C@@H]1C)C[C@@H]1C[C@@H](C/C=C(\C)[C@@H](OC3C[C@H](OC)[C@@H](O[C@H]4C[C@H](OC)[C@](C)(N)[C@H](C)O4)[C@H](C)O3)[C@@H](C)/C=C/C=C3\COC4[C@H](O)C(C)=C[C@@H](C(=O)O1)[C@]34O)O2. The monoisotopic (exact) mass is 886 g/mol. The van der Waals surface area contributed by atoms with E-state index in [9.17, 15) is 15.0 Å². The maximum Gasteiger partial charge on any atom is 0.316 e. The Morgan fingerprint density at radius 3 is 2.41 bits per heavy atom. The molecule has 2 bridgehead atoms. The second-order valence-electron chi connectivity index (χ2n) is 19.7. The molecule has 0 amide bonds. The maximum absolute atomic E-state index is 14.4. The first-order valence-corrected chi connectivity index (χ1v) is 23.3. The second kappa shape index (κ2) is 19.5. The highest BCUT2D eigenvalue weighted by atomic mass is 16.7. The van der Waals surface area contributed by atoms with E-state index in [4.69, 9.17) is 53.1 Å². The van der Waals surface area contributed by atoms with Gasteiger partial charge < -0.3 is 63.3 Å². The Hall–Kier alpha value is -2.31. The van der Waals surface area contributed by atoms with Crippen LogP contribution in [0.3, 0.4) is 0 Å². The van der Waals surface area contributed by atoms with Crippen LogP contribution >= 0.6 is 0 Å². The summed E-state index contributed by atoms with van der Waals surface area (Å²) < 4.78 is 64.4. The third-order valence-electron chi connectivity index (χ3n) is 15.2. The highest BCUT2D eigenvalue weighted by Crippen LogP contribution is 2.47. The van der Waals surface area contributed by atoms with Gasteiger partial charge in [-0.25, -0.2) is 0 Å². The largest absolute Gasteiger partial charge is 0.462 e. The molecule has 3 unspecified atom stereocenters. The van der Waals surface area contributed by atoms with Gasteiger partial charge in [-0.05, 0) is 69.8 Å². The zero-order chi connectivity index (χ0) is 45.6. The van der Waals surface area contributed by atoms with Crippen LogP contribution in [0.4, 0.5) is 0 Å². The summed E-state index contributed by atoms with van der Waals surface area (Å²) in [6.45, 7) is 18.2. The Balaban J connectivity index is 1.18. The van der Waals surface area contributed by atoms with E-state index in [1.807, 2.05) is 39.0 Å². The lowest BCUT2D eigenvalue weighted by atomic mass is 9.71. The lowest BCUT2D eigenvalue weighted by molar-refractivity contribution is -0.315. The van der Waals surface area contributed by atoms with Crippen LogP contribution in [0.5, 0.6) is 0 Å². The fourth-order valence-corrected chi connectivity index (χ4v) is 10.8. The molecule has 6 aliphatic heterocycles. The van der Waals surface area contributed by atoms with E-state index in [2.05, 4.69) is 46.8 Å². The number of nitrogens with two attached hydrogens (primary N) is 1. The number of fused-ring (bicyclic) bond motifs is 2. The normalized spacial score (nSPS) is 49.7. The van der Waals surface area contributed by atoms with E-state index in [1.165, 1.54) is 0 Å². The van der Waals surface area contributed by atoms with Gasteiger partial charge in [0.15, 0.2) is 18.4 Å². The first-order chi connectivity index (χ1) is 29.8. The van der Waals surface area contributed by atoms with Gasteiger partial charge in [-0.15, -0.1) is 0 Å². The molecule has 14 heteroatoms. The van der Waals surface area contributed by atoms with Crippen molar-refractivity contribution in [2.75, 3.05) is 20.8 Å². The summed E-state index contributed by atoms with van der Waals surface area (Å²) >= 11 is 0. The Labute approximate surface area is 374 Å². The predicted octanol–water partition coefficient (Wildman–Crippen LogP) is 5.73.